The largest absolute Gasteiger partial charge is 0.246 e. The number of alkyl halides is 1. The Morgan fingerprint density at radius 1 is 1.19 bits per heavy atom. The molecule has 1 aromatic carbocycles. The second kappa shape index (κ2) is 7.10. The Kier molecular flexibility index (Phi) is 5.43. The van der Waals surface area contributed by atoms with Gasteiger partial charge in [0, 0.05) is 5.92 Å². The van der Waals surface area contributed by atoms with Gasteiger partial charge in [-0.05, 0) is 49.3 Å². The zero-order valence-electron chi connectivity index (χ0n) is 12.0. The highest BCUT2D eigenvalue weighted by atomic mass is 19.2. The SMILES string of the molecule is CCC/C=C/C1CC[C](c2cc(F)c(F)c(F)c2)C(F)C1. The van der Waals surface area contributed by atoms with Crippen molar-refractivity contribution in [1.29, 1.82) is 0 Å². The third-order valence-corrected chi connectivity index (χ3v) is 3.89. The van der Waals surface area contributed by atoms with Crippen molar-refractivity contribution < 1.29 is 17.6 Å². The van der Waals surface area contributed by atoms with Crippen molar-refractivity contribution in [2.75, 3.05) is 0 Å². The van der Waals surface area contributed by atoms with Crippen molar-refractivity contribution >= 4 is 0 Å². The van der Waals surface area contributed by atoms with E-state index in [1.165, 1.54) is 0 Å². The highest BCUT2D eigenvalue weighted by Gasteiger charge is 2.32. The van der Waals surface area contributed by atoms with Gasteiger partial charge >= 0.3 is 0 Å². The average Bonchev–Trinajstić information content (AvgIpc) is 2.45. The van der Waals surface area contributed by atoms with Crippen LogP contribution in [0.2, 0.25) is 0 Å². The minimum atomic E-state index is -1.51. The predicted octanol–water partition coefficient (Wildman–Crippen LogP) is 5.52. The Labute approximate surface area is 122 Å². The van der Waals surface area contributed by atoms with Crippen LogP contribution in [-0.2, 0) is 0 Å². The maximum atomic E-state index is 14.2. The standard InChI is InChI=1S/C17H19F4/c1-2-3-4-5-11-6-7-13(14(18)8-11)12-9-15(19)17(21)16(20)10-12/h4-5,9-11,14H,2-3,6-8H2,1H3/b5-4+. The van der Waals surface area contributed by atoms with E-state index in [2.05, 4.69) is 13.0 Å². The number of unbranched alkanes of at least 4 members (excludes halogenated alkanes) is 1. The molecule has 2 rings (SSSR count). The van der Waals surface area contributed by atoms with Crippen molar-refractivity contribution in [1.82, 2.24) is 0 Å². The van der Waals surface area contributed by atoms with Crippen LogP contribution in [0.3, 0.4) is 0 Å². The summed E-state index contributed by atoms with van der Waals surface area (Å²) < 4.78 is 53.7. The molecule has 0 aromatic heterocycles. The summed E-state index contributed by atoms with van der Waals surface area (Å²) in [6.07, 6.45) is 6.36. The first-order valence-corrected chi connectivity index (χ1v) is 7.34. The predicted molar refractivity (Wildman–Crippen MR) is 74.9 cm³/mol. The molecule has 0 amide bonds. The van der Waals surface area contributed by atoms with Gasteiger partial charge in [-0.2, -0.15) is 0 Å². The Hall–Kier alpha value is -1.32. The fourth-order valence-corrected chi connectivity index (χ4v) is 2.72. The molecule has 1 aliphatic carbocycles. The lowest BCUT2D eigenvalue weighted by Gasteiger charge is -2.30. The first kappa shape index (κ1) is 16.1. The Balaban J connectivity index is 2.07. The first-order valence-electron chi connectivity index (χ1n) is 7.34. The minimum Gasteiger partial charge on any atom is -0.246 e. The topological polar surface area (TPSA) is 0 Å². The summed E-state index contributed by atoms with van der Waals surface area (Å²) >= 11 is 0. The molecule has 0 spiro atoms. The molecule has 1 aliphatic rings. The summed E-state index contributed by atoms with van der Waals surface area (Å²) in [6, 6.07) is 1.77. The van der Waals surface area contributed by atoms with Gasteiger partial charge in [-0.3, -0.25) is 0 Å². The van der Waals surface area contributed by atoms with Gasteiger partial charge in [0.05, 0.1) is 0 Å². The fraction of sp³-hybridized carbons (Fsp3) is 0.471. The quantitative estimate of drug-likeness (QED) is 0.390. The highest BCUT2D eigenvalue weighted by Crippen LogP contribution is 2.38. The third-order valence-electron chi connectivity index (χ3n) is 3.89. The first-order chi connectivity index (χ1) is 10.0. The van der Waals surface area contributed by atoms with Crippen LogP contribution in [0.4, 0.5) is 17.6 Å². The summed E-state index contributed by atoms with van der Waals surface area (Å²) in [6.45, 7) is 2.08. The molecule has 0 aliphatic heterocycles. The van der Waals surface area contributed by atoms with E-state index >= 15 is 0 Å². The summed E-state index contributed by atoms with van der Waals surface area (Å²) in [4.78, 5) is 0. The summed E-state index contributed by atoms with van der Waals surface area (Å²) in [5, 5.41) is 0. The smallest absolute Gasteiger partial charge is 0.194 e. The lowest BCUT2D eigenvalue weighted by Crippen LogP contribution is -2.25. The van der Waals surface area contributed by atoms with Crippen LogP contribution in [-0.4, -0.2) is 6.17 Å². The maximum absolute atomic E-state index is 14.2. The van der Waals surface area contributed by atoms with Crippen molar-refractivity contribution in [3.8, 4) is 0 Å². The molecule has 4 heteroatoms. The van der Waals surface area contributed by atoms with E-state index in [1.807, 2.05) is 6.08 Å². The van der Waals surface area contributed by atoms with Gasteiger partial charge in [0.25, 0.3) is 0 Å². The average molecular weight is 299 g/mol. The van der Waals surface area contributed by atoms with E-state index < -0.39 is 23.6 Å². The second-order valence-corrected chi connectivity index (χ2v) is 5.50. The molecular weight excluding hydrogens is 280 g/mol. The normalized spacial score (nSPS) is 23.9. The van der Waals surface area contributed by atoms with Crippen LogP contribution >= 0.6 is 0 Å². The molecule has 0 bridgehead atoms. The Morgan fingerprint density at radius 2 is 1.86 bits per heavy atom. The molecule has 2 unspecified atom stereocenters. The molecule has 1 fully saturated rings. The van der Waals surface area contributed by atoms with Gasteiger partial charge < -0.3 is 0 Å². The van der Waals surface area contributed by atoms with E-state index in [-0.39, 0.29) is 11.5 Å². The Morgan fingerprint density at radius 3 is 2.43 bits per heavy atom. The monoisotopic (exact) mass is 299 g/mol. The molecule has 1 aromatic rings. The Bertz CT molecular complexity index is 487. The van der Waals surface area contributed by atoms with E-state index in [1.54, 1.807) is 0 Å². The van der Waals surface area contributed by atoms with Crippen LogP contribution in [0.1, 0.15) is 44.6 Å². The molecule has 21 heavy (non-hydrogen) atoms. The van der Waals surface area contributed by atoms with Crippen LogP contribution in [0, 0.1) is 29.3 Å². The van der Waals surface area contributed by atoms with Gasteiger partial charge in [0.2, 0.25) is 0 Å². The molecule has 0 saturated heterocycles. The van der Waals surface area contributed by atoms with Crippen molar-refractivity contribution in [2.24, 2.45) is 5.92 Å². The van der Waals surface area contributed by atoms with E-state index in [4.69, 9.17) is 0 Å². The lowest BCUT2D eigenvalue weighted by atomic mass is 9.77. The number of benzene rings is 1. The van der Waals surface area contributed by atoms with E-state index in [0.717, 1.165) is 31.4 Å². The van der Waals surface area contributed by atoms with Crippen molar-refractivity contribution in [3.63, 3.8) is 0 Å². The molecule has 0 heterocycles. The number of hydrogen-bond donors (Lipinski definition) is 0. The maximum Gasteiger partial charge on any atom is 0.194 e. The zero-order valence-corrected chi connectivity index (χ0v) is 12.0. The zero-order chi connectivity index (χ0) is 15.4. The van der Waals surface area contributed by atoms with Crippen LogP contribution in [0.15, 0.2) is 24.3 Å². The molecule has 1 radical (unpaired) electrons. The molecule has 0 nitrogen and oxygen atoms in total. The number of rotatable bonds is 4. The number of allylic oxidation sites excluding steroid dienone is 2. The number of hydrogen-bond acceptors (Lipinski definition) is 0. The van der Waals surface area contributed by atoms with Gasteiger partial charge in [0.15, 0.2) is 17.5 Å². The third kappa shape index (κ3) is 3.86. The van der Waals surface area contributed by atoms with E-state index in [9.17, 15) is 17.6 Å². The molecule has 2 atom stereocenters. The molecule has 115 valence electrons. The summed E-state index contributed by atoms with van der Waals surface area (Å²) in [5.41, 5.74) is 0.134. The van der Waals surface area contributed by atoms with Gasteiger partial charge in [-0.15, -0.1) is 0 Å². The minimum absolute atomic E-state index is 0.134. The second-order valence-electron chi connectivity index (χ2n) is 5.50. The summed E-state index contributed by atoms with van der Waals surface area (Å²) in [5.74, 6) is -3.52. The fourth-order valence-electron chi connectivity index (χ4n) is 2.72. The van der Waals surface area contributed by atoms with E-state index in [0.29, 0.717) is 18.8 Å². The highest BCUT2D eigenvalue weighted by molar-refractivity contribution is 5.35. The van der Waals surface area contributed by atoms with Crippen molar-refractivity contribution in [2.45, 2.75) is 45.2 Å². The number of halogens is 4. The van der Waals surface area contributed by atoms with Crippen LogP contribution < -0.4 is 0 Å². The molecule has 0 N–H and O–H groups in total. The molecule has 1 saturated carbocycles. The molecular formula is C17H19F4. The van der Waals surface area contributed by atoms with Crippen LogP contribution in [0.5, 0.6) is 0 Å². The summed E-state index contributed by atoms with van der Waals surface area (Å²) in [7, 11) is 0. The lowest BCUT2D eigenvalue weighted by molar-refractivity contribution is 0.253. The van der Waals surface area contributed by atoms with Crippen LogP contribution in [0.25, 0.3) is 0 Å². The van der Waals surface area contributed by atoms with Gasteiger partial charge in [-0.25, -0.2) is 17.6 Å². The van der Waals surface area contributed by atoms with Gasteiger partial charge in [0.1, 0.15) is 6.17 Å². The van der Waals surface area contributed by atoms with Gasteiger partial charge in [-0.1, -0.05) is 25.5 Å². The van der Waals surface area contributed by atoms with Crippen molar-refractivity contribution in [3.05, 3.63) is 53.2 Å².